The largest absolute Gasteiger partial charge is 0.480 e. The average Bonchev–Trinajstić information content (AvgIpc) is 3.65. The van der Waals surface area contributed by atoms with E-state index in [1.54, 1.807) is 0 Å². The number of benzene rings is 1. The van der Waals surface area contributed by atoms with Gasteiger partial charge in [-0.25, -0.2) is 20.0 Å². The highest BCUT2D eigenvalue weighted by molar-refractivity contribution is 6.12. The van der Waals surface area contributed by atoms with Gasteiger partial charge in [0.25, 0.3) is 23.6 Å². The molecule has 24 nitrogen and oxygen atoms in total. The van der Waals surface area contributed by atoms with E-state index < -0.39 is 65.8 Å². The van der Waals surface area contributed by atoms with E-state index in [-0.39, 0.29) is 87.8 Å². The predicted octanol–water partition coefficient (Wildman–Crippen LogP) is 0.788. The second-order valence-corrected chi connectivity index (χ2v) is 16.2. The molecule has 0 aromatic heterocycles. The topological polar surface area (TPSA) is 342 Å². The second kappa shape index (κ2) is 32.8. The summed E-state index contributed by atoms with van der Waals surface area (Å²) in [6.07, 6.45) is 7.28. The molecule has 0 aliphatic carbocycles. The quantitative estimate of drug-likeness (QED) is 0.0197. The van der Waals surface area contributed by atoms with Crippen molar-refractivity contribution in [1.82, 2.24) is 46.7 Å². The van der Waals surface area contributed by atoms with Crippen molar-refractivity contribution in [3.05, 3.63) is 47.5 Å². The summed E-state index contributed by atoms with van der Waals surface area (Å²) in [5, 5.41) is 53.5. The van der Waals surface area contributed by atoms with Gasteiger partial charge < -0.3 is 31.7 Å². The number of nitrogens with one attached hydrogen (secondary N) is 5. The van der Waals surface area contributed by atoms with Crippen LogP contribution in [-0.2, 0) is 43.2 Å². The Morgan fingerprint density at radius 2 is 1.03 bits per heavy atom. The number of hydrogen-bond donors (Lipinski definition) is 9. The molecule has 0 saturated carbocycles. The number of hydroxylamine groups is 6. The molecule has 0 fully saturated rings. The lowest BCUT2D eigenvalue weighted by molar-refractivity contribution is -0.166. The number of nitrogens with zero attached hydrogens (tertiary/aromatic N) is 4. The molecule has 1 aliphatic heterocycles. The molecular weight excluding hydrogens is 907 g/mol. The Balaban J connectivity index is 1.51. The highest BCUT2D eigenvalue weighted by Gasteiger charge is 2.24. The van der Waals surface area contributed by atoms with Gasteiger partial charge in [0.1, 0.15) is 6.04 Å². The maximum atomic E-state index is 12.7. The standard InChI is InChI=1S/C45H67N9O15/c1-32(55)52(67)27-9-2-6-23-46-36(56)17-19-41(61)53(68)28-10-3-7-24-47-37(57)18-20-42(62)54(69)29-11-4-8-25-48-43(63)33-14-13-15-34(30-33)44(64)49-31-38(58)50-35(45(65)66)16-5-12-26-51-39(59)21-22-40(51)60/h13-15,21-22,30,35,67-69H,2-12,16-20,23-29,31H2,1H3,(H,46,56)(H,47,57)(H,48,63)(H,49,64)(H,50,58)(H,65,66)/t35-/m0/s1. The van der Waals surface area contributed by atoms with Crippen molar-refractivity contribution in [2.45, 2.75) is 116 Å². The number of carbonyl (C=O) groups is 11. The summed E-state index contributed by atoms with van der Waals surface area (Å²) >= 11 is 0. The molecule has 24 heteroatoms. The Morgan fingerprint density at radius 3 is 1.51 bits per heavy atom. The Labute approximate surface area is 400 Å². The second-order valence-electron chi connectivity index (χ2n) is 16.2. The number of rotatable bonds is 35. The van der Waals surface area contributed by atoms with Crippen LogP contribution in [0.25, 0.3) is 0 Å². The number of amides is 10. The zero-order valence-electron chi connectivity index (χ0n) is 39.1. The third kappa shape index (κ3) is 24.7. The van der Waals surface area contributed by atoms with Crippen LogP contribution >= 0.6 is 0 Å². The zero-order chi connectivity index (χ0) is 51.1. The fraction of sp³-hybridized carbons (Fsp3) is 0.578. The highest BCUT2D eigenvalue weighted by atomic mass is 16.5. The van der Waals surface area contributed by atoms with Gasteiger partial charge >= 0.3 is 5.97 Å². The summed E-state index contributed by atoms with van der Waals surface area (Å²) in [7, 11) is 0. The van der Waals surface area contributed by atoms with Gasteiger partial charge in [0.15, 0.2) is 0 Å². The van der Waals surface area contributed by atoms with Crippen molar-refractivity contribution in [1.29, 1.82) is 0 Å². The number of imide groups is 1. The van der Waals surface area contributed by atoms with Crippen molar-refractivity contribution in [2.75, 3.05) is 52.4 Å². The van der Waals surface area contributed by atoms with E-state index in [9.17, 15) is 73.5 Å². The lowest BCUT2D eigenvalue weighted by atomic mass is 10.1. The monoisotopic (exact) mass is 973 g/mol. The summed E-state index contributed by atoms with van der Waals surface area (Å²) in [5.41, 5.74) is 0.253. The first kappa shape index (κ1) is 58.3. The van der Waals surface area contributed by atoms with Crippen molar-refractivity contribution in [2.24, 2.45) is 0 Å². The number of carbonyl (C=O) groups excluding carboxylic acids is 10. The van der Waals surface area contributed by atoms with Gasteiger partial charge in [-0.2, -0.15) is 0 Å². The van der Waals surface area contributed by atoms with Crippen LogP contribution in [0, 0.1) is 0 Å². The molecule has 1 aromatic rings. The van der Waals surface area contributed by atoms with E-state index in [0.29, 0.717) is 98.9 Å². The molecule has 0 unspecified atom stereocenters. The van der Waals surface area contributed by atoms with E-state index in [2.05, 4.69) is 26.6 Å². The van der Waals surface area contributed by atoms with Gasteiger partial charge in [0.2, 0.25) is 35.4 Å². The molecule has 1 aliphatic rings. The summed E-state index contributed by atoms with van der Waals surface area (Å²) in [6.45, 7) is 2.04. The molecular formula is C45H67N9O15. The Kier molecular flexibility index (Phi) is 27.8. The molecule has 0 saturated heterocycles. The van der Waals surface area contributed by atoms with E-state index >= 15 is 0 Å². The molecule has 1 heterocycles. The first-order chi connectivity index (χ1) is 32.9. The minimum atomic E-state index is -1.29. The third-order valence-corrected chi connectivity index (χ3v) is 10.6. The summed E-state index contributed by atoms with van der Waals surface area (Å²) in [6, 6.07) is 4.48. The number of hydrogen-bond acceptors (Lipinski definition) is 14. The molecule has 1 aromatic carbocycles. The van der Waals surface area contributed by atoms with Gasteiger partial charge in [0, 0.05) is 102 Å². The van der Waals surface area contributed by atoms with E-state index in [1.165, 1.54) is 31.2 Å². The normalized spacial score (nSPS) is 12.2. The van der Waals surface area contributed by atoms with Gasteiger partial charge in [-0.15, -0.1) is 0 Å². The molecule has 1 atom stereocenters. The van der Waals surface area contributed by atoms with E-state index in [4.69, 9.17) is 0 Å². The summed E-state index contributed by atoms with van der Waals surface area (Å²) < 4.78 is 0. The van der Waals surface area contributed by atoms with Crippen molar-refractivity contribution < 1.29 is 73.5 Å². The fourth-order valence-corrected chi connectivity index (χ4v) is 6.57. The SMILES string of the molecule is CC(=O)N(O)CCCCCNC(=O)CCC(=O)N(O)CCCCCNC(=O)CCC(=O)N(O)CCCCCNC(=O)c1cccc(C(=O)NCC(=O)N[C@@H](CCCCN2C(=O)C=CC2=O)C(=O)O)c1. The molecule has 2 rings (SSSR count). The van der Waals surface area contributed by atoms with Crippen LogP contribution < -0.4 is 26.6 Å². The lowest BCUT2D eigenvalue weighted by Gasteiger charge is -2.16. The van der Waals surface area contributed by atoms with E-state index in [0.717, 1.165) is 17.1 Å². The van der Waals surface area contributed by atoms with Gasteiger partial charge in [0.05, 0.1) is 6.54 Å². The van der Waals surface area contributed by atoms with Crippen LogP contribution in [0.2, 0.25) is 0 Å². The fourth-order valence-electron chi connectivity index (χ4n) is 6.57. The van der Waals surface area contributed by atoms with Crippen molar-refractivity contribution in [3.8, 4) is 0 Å². The molecule has 10 amide bonds. The smallest absolute Gasteiger partial charge is 0.326 e. The number of carboxylic acid groups (broad SMARTS) is 1. The first-order valence-electron chi connectivity index (χ1n) is 23.1. The number of carboxylic acids is 1. The van der Waals surface area contributed by atoms with Gasteiger partial charge in [-0.05, 0) is 95.2 Å². The Morgan fingerprint density at radius 1 is 0.565 bits per heavy atom. The van der Waals surface area contributed by atoms with Crippen molar-refractivity contribution in [3.63, 3.8) is 0 Å². The highest BCUT2D eigenvalue weighted by Crippen LogP contribution is 2.10. The molecule has 0 bridgehead atoms. The minimum Gasteiger partial charge on any atom is -0.480 e. The van der Waals surface area contributed by atoms with Gasteiger partial charge in [-0.3, -0.25) is 68.5 Å². The third-order valence-electron chi connectivity index (χ3n) is 10.6. The molecule has 382 valence electrons. The molecule has 0 radical (unpaired) electrons. The van der Waals surface area contributed by atoms with Crippen molar-refractivity contribution >= 4 is 65.0 Å². The minimum absolute atomic E-state index is 0.0120. The van der Waals surface area contributed by atoms with Crippen LogP contribution in [0.4, 0.5) is 0 Å². The van der Waals surface area contributed by atoms with E-state index in [1.807, 2.05) is 0 Å². The molecule has 0 spiro atoms. The number of unbranched alkanes of at least 4 members (excludes halogenated alkanes) is 7. The molecule has 9 N–H and O–H groups in total. The van der Waals surface area contributed by atoms with Crippen LogP contribution in [0.1, 0.15) is 130 Å². The Hall–Kier alpha value is -6.79. The lowest BCUT2D eigenvalue weighted by Crippen LogP contribution is -2.45. The predicted molar refractivity (Wildman–Crippen MR) is 243 cm³/mol. The Bertz CT molecular complexity index is 1950. The first-order valence-corrected chi connectivity index (χ1v) is 23.1. The maximum absolute atomic E-state index is 12.7. The average molecular weight is 974 g/mol. The molecule has 69 heavy (non-hydrogen) atoms. The van der Waals surface area contributed by atoms with Crippen LogP contribution in [0.3, 0.4) is 0 Å². The number of aliphatic carboxylic acids is 1. The maximum Gasteiger partial charge on any atom is 0.326 e. The van der Waals surface area contributed by atoms with Crippen LogP contribution in [0.15, 0.2) is 36.4 Å². The van der Waals surface area contributed by atoms with Crippen LogP contribution in [0.5, 0.6) is 0 Å². The summed E-state index contributed by atoms with van der Waals surface area (Å²) in [4.78, 5) is 133. The summed E-state index contributed by atoms with van der Waals surface area (Å²) in [5.74, 6) is -6.47. The van der Waals surface area contributed by atoms with Crippen LogP contribution in [-0.4, -0.2) is 164 Å². The van der Waals surface area contributed by atoms with Gasteiger partial charge in [-0.1, -0.05) is 6.07 Å². The zero-order valence-corrected chi connectivity index (χ0v) is 39.1.